The maximum atomic E-state index is 10.0. The van der Waals surface area contributed by atoms with Crippen LogP contribution in [-0.2, 0) is 4.79 Å². The van der Waals surface area contributed by atoms with Gasteiger partial charge in [0.1, 0.15) is 0 Å². The van der Waals surface area contributed by atoms with Crippen molar-refractivity contribution in [1.29, 1.82) is 0 Å². The van der Waals surface area contributed by atoms with E-state index in [0.29, 0.717) is 0 Å². The number of rotatable bonds is 0. The summed E-state index contributed by atoms with van der Waals surface area (Å²) in [5.74, 6) is -0.757. The molecule has 1 aromatic carbocycles. The molecule has 2 N–H and O–H groups in total. The van der Waals surface area contributed by atoms with Crippen molar-refractivity contribution in [1.82, 2.24) is 4.98 Å². The zero-order valence-electron chi connectivity index (χ0n) is 9.82. The summed E-state index contributed by atoms with van der Waals surface area (Å²) in [5, 5.41) is 9.53. The zero-order chi connectivity index (χ0) is 12.2. The van der Waals surface area contributed by atoms with Crippen LogP contribution >= 0.6 is 0 Å². The first-order valence-electron chi connectivity index (χ1n) is 5.17. The van der Waals surface area contributed by atoms with Crippen LogP contribution in [-0.4, -0.2) is 16.1 Å². The number of carboxylic acids is 1. The van der Waals surface area contributed by atoms with Gasteiger partial charge in [-0.3, -0.25) is 4.79 Å². The third-order valence-electron chi connectivity index (χ3n) is 2.10. The van der Waals surface area contributed by atoms with Crippen molar-refractivity contribution in [3.63, 3.8) is 0 Å². The van der Waals surface area contributed by atoms with Crippen LogP contribution in [0.25, 0.3) is 10.9 Å². The molecule has 0 atom stereocenters. The summed E-state index contributed by atoms with van der Waals surface area (Å²) >= 11 is 0. The van der Waals surface area contributed by atoms with Crippen LogP contribution in [0.2, 0.25) is 0 Å². The van der Waals surface area contributed by atoms with Crippen molar-refractivity contribution in [2.75, 3.05) is 0 Å². The van der Waals surface area contributed by atoms with E-state index in [-0.39, 0.29) is 0 Å². The average Bonchev–Trinajstić information content (AvgIpc) is 2.64. The SMILES string of the molecule is CC(C)(C)C(=O)O.c1ccc2[nH]ccc2c1. The van der Waals surface area contributed by atoms with Gasteiger partial charge in [0.2, 0.25) is 0 Å². The molecule has 3 nitrogen and oxygen atoms in total. The van der Waals surface area contributed by atoms with Crippen LogP contribution in [0, 0.1) is 5.41 Å². The number of benzene rings is 1. The van der Waals surface area contributed by atoms with Crippen molar-refractivity contribution < 1.29 is 9.90 Å². The molecule has 0 saturated carbocycles. The van der Waals surface area contributed by atoms with Crippen molar-refractivity contribution in [3.05, 3.63) is 36.5 Å². The van der Waals surface area contributed by atoms with Gasteiger partial charge >= 0.3 is 5.97 Å². The maximum Gasteiger partial charge on any atom is 0.308 e. The largest absolute Gasteiger partial charge is 0.481 e. The first kappa shape index (κ1) is 12.3. The number of fused-ring (bicyclic) bond motifs is 1. The van der Waals surface area contributed by atoms with E-state index in [1.807, 2.05) is 18.3 Å². The van der Waals surface area contributed by atoms with Gasteiger partial charge < -0.3 is 10.1 Å². The number of carboxylic acid groups (broad SMARTS) is 1. The lowest BCUT2D eigenvalue weighted by Gasteiger charge is -2.08. The summed E-state index contributed by atoms with van der Waals surface area (Å²) in [4.78, 5) is 13.1. The van der Waals surface area contributed by atoms with Crippen LogP contribution in [0.15, 0.2) is 36.5 Å². The predicted octanol–water partition coefficient (Wildman–Crippen LogP) is 3.29. The summed E-state index contributed by atoms with van der Waals surface area (Å²) in [5.41, 5.74) is 0.623. The minimum atomic E-state index is -0.757. The smallest absolute Gasteiger partial charge is 0.308 e. The summed E-state index contributed by atoms with van der Waals surface area (Å²) in [6.07, 6.45) is 1.95. The van der Waals surface area contributed by atoms with Crippen LogP contribution in [0.1, 0.15) is 20.8 Å². The lowest BCUT2D eigenvalue weighted by Crippen LogP contribution is -2.18. The Balaban J connectivity index is 0.000000168. The molecule has 0 unspecified atom stereocenters. The molecule has 1 aromatic heterocycles. The average molecular weight is 219 g/mol. The van der Waals surface area contributed by atoms with Crippen molar-refractivity contribution in [2.45, 2.75) is 20.8 Å². The topological polar surface area (TPSA) is 53.1 Å². The van der Waals surface area contributed by atoms with Gasteiger partial charge in [0.15, 0.2) is 0 Å². The summed E-state index contributed by atoms with van der Waals surface area (Å²) < 4.78 is 0. The Morgan fingerprint density at radius 2 is 1.75 bits per heavy atom. The molecule has 0 amide bonds. The lowest BCUT2D eigenvalue weighted by atomic mass is 9.98. The highest BCUT2D eigenvalue weighted by Crippen LogP contribution is 2.11. The molecular weight excluding hydrogens is 202 g/mol. The number of hydrogen-bond acceptors (Lipinski definition) is 1. The molecule has 16 heavy (non-hydrogen) atoms. The van der Waals surface area contributed by atoms with Crippen LogP contribution < -0.4 is 0 Å². The fourth-order valence-corrected chi connectivity index (χ4v) is 0.995. The van der Waals surface area contributed by atoms with E-state index in [0.717, 1.165) is 0 Å². The van der Waals surface area contributed by atoms with Gasteiger partial charge in [-0.1, -0.05) is 18.2 Å². The van der Waals surface area contributed by atoms with Crippen LogP contribution in [0.5, 0.6) is 0 Å². The van der Waals surface area contributed by atoms with E-state index in [9.17, 15) is 4.79 Å². The number of hydrogen-bond donors (Lipinski definition) is 2. The van der Waals surface area contributed by atoms with Gasteiger partial charge in [0.05, 0.1) is 5.41 Å². The first-order chi connectivity index (χ1) is 7.41. The van der Waals surface area contributed by atoms with Crippen LogP contribution in [0.4, 0.5) is 0 Å². The Hall–Kier alpha value is -1.77. The van der Waals surface area contributed by atoms with E-state index in [1.54, 1.807) is 20.8 Å². The zero-order valence-corrected chi connectivity index (χ0v) is 9.82. The monoisotopic (exact) mass is 219 g/mol. The third kappa shape index (κ3) is 3.42. The Kier molecular flexibility index (Phi) is 3.72. The van der Waals surface area contributed by atoms with Crippen molar-refractivity contribution in [3.8, 4) is 0 Å². The molecule has 86 valence electrons. The highest BCUT2D eigenvalue weighted by Gasteiger charge is 2.18. The third-order valence-corrected chi connectivity index (χ3v) is 2.10. The Morgan fingerprint density at radius 1 is 1.19 bits per heavy atom. The lowest BCUT2D eigenvalue weighted by molar-refractivity contribution is -0.145. The highest BCUT2D eigenvalue weighted by molar-refractivity contribution is 5.78. The standard InChI is InChI=1S/C8H7N.C5H10O2/c1-2-4-8-7(3-1)5-6-9-8;1-5(2,3)4(6)7/h1-6,9H;1-3H3,(H,6,7). The normalized spacial score (nSPS) is 10.7. The summed E-state index contributed by atoms with van der Waals surface area (Å²) in [6.45, 7) is 4.99. The minimum Gasteiger partial charge on any atom is -0.481 e. The Morgan fingerprint density at radius 3 is 2.25 bits per heavy atom. The fourth-order valence-electron chi connectivity index (χ4n) is 0.995. The van der Waals surface area contributed by atoms with Crippen molar-refractivity contribution >= 4 is 16.9 Å². The van der Waals surface area contributed by atoms with Crippen molar-refractivity contribution in [2.24, 2.45) is 5.41 Å². The number of aromatic amines is 1. The van der Waals surface area contributed by atoms with E-state index in [1.165, 1.54) is 10.9 Å². The number of nitrogens with one attached hydrogen (secondary N) is 1. The molecule has 1 heterocycles. The van der Waals surface area contributed by atoms with Gasteiger partial charge in [0, 0.05) is 11.7 Å². The fraction of sp³-hybridized carbons (Fsp3) is 0.308. The number of aromatic nitrogens is 1. The minimum absolute atomic E-state index is 0.583. The molecule has 0 aliphatic heterocycles. The molecular formula is C13H17NO2. The molecule has 0 radical (unpaired) electrons. The molecule has 0 saturated heterocycles. The van der Waals surface area contributed by atoms with Gasteiger partial charge in [-0.2, -0.15) is 0 Å². The number of H-pyrrole nitrogens is 1. The number of para-hydroxylation sites is 1. The molecule has 2 aromatic rings. The highest BCUT2D eigenvalue weighted by atomic mass is 16.4. The van der Waals surface area contributed by atoms with Gasteiger partial charge in [-0.15, -0.1) is 0 Å². The Bertz CT molecular complexity index is 436. The van der Waals surface area contributed by atoms with E-state index in [4.69, 9.17) is 5.11 Å². The van der Waals surface area contributed by atoms with Gasteiger partial charge in [-0.25, -0.2) is 0 Å². The molecule has 3 heteroatoms. The molecule has 0 fully saturated rings. The number of carbonyl (C=O) groups is 1. The Labute approximate surface area is 95.1 Å². The molecule has 0 aliphatic rings. The van der Waals surface area contributed by atoms with Gasteiger partial charge in [-0.05, 0) is 38.3 Å². The summed E-state index contributed by atoms with van der Waals surface area (Å²) in [6, 6.07) is 10.3. The second kappa shape index (κ2) is 4.84. The second-order valence-electron chi connectivity index (χ2n) is 4.62. The van der Waals surface area contributed by atoms with E-state index < -0.39 is 11.4 Å². The quantitative estimate of drug-likeness (QED) is 0.714. The van der Waals surface area contributed by atoms with Crippen LogP contribution in [0.3, 0.4) is 0 Å². The maximum absolute atomic E-state index is 10.0. The second-order valence-corrected chi connectivity index (χ2v) is 4.62. The molecule has 0 spiro atoms. The van der Waals surface area contributed by atoms with Gasteiger partial charge in [0.25, 0.3) is 0 Å². The summed E-state index contributed by atoms with van der Waals surface area (Å²) in [7, 11) is 0. The first-order valence-corrected chi connectivity index (χ1v) is 5.17. The van der Waals surface area contributed by atoms with E-state index in [2.05, 4.69) is 23.2 Å². The molecule has 2 rings (SSSR count). The molecule has 0 aliphatic carbocycles. The van der Waals surface area contributed by atoms with E-state index >= 15 is 0 Å². The predicted molar refractivity (Wildman–Crippen MR) is 65.4 cm³/mol. The number of aliphatic carboxylic acids is 1. The molecule has 0 bridgehead atoms.